The molecule has 1 amide bonds. The molecule has 16 heavy (non-hydrogen) atoms. The molecule has 3 N–H and O–H groups in total. The summed E-state index contributed by atoms with van der Waals surface area (Å²) >= 11 is 0. The molecule has 94 valence electrons. The second kappa shape index (κ2) is 7.25. The van der Waals surface area contributed by atoms with Crippen LogP contribution in [-0.4, -0.2) is 17.0 Å². The van der Waals surface area contributed by atoms with E-state index in [1.165, 1.54) is 0 Å². The Labute approximate surface area is 97.2 Å². The highest BCUT2D eigenvalue weighted by atomic mass is 16.4. The highest BCUT2D eigenvalue weighted by molar-refractivity contribution is 5.85. The van der Waals surface area contributed by atoms with E-state index in [0.717, 1.165) is 25.7 Å². The highest BCUT2D eigenvalue weighted by Gasteiger charge is 2.37. The van der Waals surface area contributed by atoms with Crippen molar-refractivity contribution in [1.29, 1.82) is 0 Å². The van der Waals surface area contributed by atoms with E-state index >= 15 is 0 Å². The molecule has 0 bridgehead atoms. The Hall–Kier alpha value is -1.06. The molecule has 0 aliphatic carbocycles. The van der Waals surface area contributed by atoms with E-state index in [-0.39, 0.29) is 6.42 Å². The van der Waals surface area contributed by atoms with Crippen LogP contribution in [0.5, 0.6) is 0 Å². The van der Waals surface area contributed by atoms with Gasteiger partial charge in [0.2, 0.25) is 5.91 Å². The average Bonchev–Trinajstić information content (AvgIpc) is 2.21. The fourth-order valence-electron chi connectivity index (χ4n) is 1.96. The lowest BCUT2D eigenvalue weighted by Crippen LogP contribution is -2.39. The van der Waals surface area contributed by atoms with Crippen molar-refractivity contribution in [3.63, 3.8) is 0 Å². The van der Waals surface area contributed by atoms with Crippen LogP contribution >= 0.6 is 0 Å². The summed E-state index contributed by atoms with van der Waals surface area (Å²) in [7, 11) is 0. The van der Waals surface area contributed by atoms with Crippen LogP contribution in [0, 0.1) is 5.41 Å². The highest BCUT2D eigenvalue weighted by Crippen LogP contribution is 2.34. The van der Waals surface area contributed by atoms with E-state index in [1.54, 1.807) is 0 Å². The molecule has 0 atom stereocenters. The summed E-state index contributed by atoms with van der Waals surface area (Å²) in [4.78, 5) is 22.4. The largest absolute Gasteiger partial charge is 0.481 e. The minimum atomic E-state index is -0.939. The summed E-state index contributed by atoms with van der Waals surface area (Å²) in [6, 6.07) is 0. The Bertz CT molecular complexity index is 230. The van der Waals surface area contributed by atoms with E-state index in [1.807, 2.05) is 13.8 Å². The zero-order valence-corrected chi connectivity index (χ0v) is 10.3. The molecule has 0 unspecified atom stereocenters. The van der Waals surface area contributed by atoms with Crippen LogP contribution in [0.15, 0.2) is 0 Å². The Balaban J connectivity index is 4.73. The number of hydrogen-bond donors (Lipinski definition) is 2. The van der Waals surface area contributed by atoms with Crippen LogP contribution in [0.25, 0.3) is 0 Å². The van der Waals surface area contributed by atoms with E-state index in [2.05, 4.69) is 0 Å². The molecule has 0 aliphatic heterocycles. The van der Waals surface area contributed by atoms with E-state index in [4.69, 9.17) is 10.8 Å². The van der Waals surface area contributed by atoms with E-state index < -0.39 is 17.3 Å². The topological polar surface area (TPSA) is 80.4 Å². The number of rotatable bonds is 9. The third kappa shape index (κ3) is 4.64. The van der Waals surface area contributed by atoms with Crippen molar-refractivity contribution in [3.8, 4) is 0 Å². The molecule has 0 aromatic rings. The summed E-state index contributed by atoms with van der Waals surface area (Å²) in [5, 5.41) is 8.89. The number of carbonyl (C=O) groups is 2. The second-order valence-electron chi connectivity index (χ2n) is 4.42. The van der Waals surface area contributed by atoms with Crippen LogP contribution in [0.2, 0.25) is 0 Å². The number of hydrogen-bond acceptors (Lipinski definition) is 2. The van der Waals surface area contributed by atoms with Gasteiger partial charge < -0.3 is 10.8 Å². The van der Waals surface area contributed by atoms with Crippen molar-refractivity contribution in [3.05, 3.63) is 0 Å². The lowest BCUT2D eigenvalue weighted by atomic mass is 9.75. The Kier molecular flexibility index (Phi) is 6.77. The van der Waals surface area contributed by atoms with Crippen molar-refractivity contribution in [2.24, 2.45) is 11.1 Å². The van der Waals surface area contributed by atoms with Crippen LogP contribution in [-0.2, 0) is 9.59 Å². The van der Waals surface area contributed by atoms with E-state index in [0.29, 0.717) is 12.8 Å². The number of amides is 1. The molecule has 0 spiro atoms. The Morgan fingerprint density at radius 2 is 1.56 bits per heavy atom. The molecule has 0 fully saturated rings. The maximum Gasteiger partial charge on any atom is 0.304 e. The first-order chi connectivity index (χ1) is 7.48. The van der Waals surface area contributed by atoms with E-state index in [9.17, 15) is 9.59 Å². The number of aliphatic carboxylic acids is 1. The van der Waals surface area contributed by atoms with Gasteiger partial charge in [-0.2, -0.15) is 0 Å². The predicted octanol–water partition coefficient (Wildman–Crippen LogP) is 2.31. The summed E-state index contributed by atoms with van der Waals surface area (Å²) in [6.07, 6.45) is 4.63. The van der Waals surface area contributed by atoms with Gasteiger partial charge in [0.25, 0.3) is 0 Å². The zero-order valence-electron chi connectivity index (χ0n) is 10.3. The van der Waals surface area contributed by atoms with Gasteiger partial charge in [-0.1, -0.05) is 39.5 Å². The molecule has 0 rings (SSSR count). The molecule has 0 aliphatic rings. The zero-order chi connectivity index (χ0) is 12.6. The first kappa shape index (κ1) is 14.9. The van der Waals surface area contributed by atoms with Crippen LogP contribution < -0.4 is 5.73 Å². The number of unbranched alkanes of at least 4 members (excludes halogenated alkanes) is 2. The first-order valence-electron chi connectivity index (χ1n) is 6.00. The molecular weight excluding hydrogens is 206 g/mol. The number of carbonyl (C=O) groups excluding carboxylic acids is 1. The third-order valence-corrected chi connectivity index (χ3v) is 3.03. The maximum absolute atomic E-state index is 11.5. The van der Waals surface area contributed by atoms with Gasteiger partial charge in [0.05, 0.1) is 11.8 Å². The minimum Gasteiger partial charge on any atom is -0.481 e. The quantitative estimate of drug-likeness (QED) is 0.636. The number of primary amides is 1. The first-order valence-corrected chi connectivity index (χ1v) is 6.00. The third-order valence-electron chi connectivity index (χ3n) is 3.03. The van der Waals surface area contributed by atoms with Crippen molar-refractivity contribution in [1.82, 2.24) is 0 Å². The SMILES string of the molecule is CCCCC(CCCC)(CC(=O)O)C(N)=O. The summed E-state index contributed by atoms with van der Waals surface area (Å²) < 4.78 is 0. The summed E-state index contributed by atoms with van der Waals surface area (Å²) in [5.74, 6) is -1.40. The van der Waals surface area contributed by atoms with Gasteiger partial charge in [0, 0.05) is 0 Å². The molecule has 4 heteroatoms. The Morgan fingerprint density at radius 3 is 1.81 bits per heavy atom. The molecule has 0 aromatic carbocycles. The molecule has 0 radical (unpaired) electrons. The van der Waals surface area contributed by atoms with Crippen LogP contribution in [0.4, 0.5) is 0 Å². The molecular formula is C12H23NO3. The van der Waals surface area contributed by atoms with Gasteiger partial charge in [0.1, 0.15) is 0 Å². The molecule has 0 saturated carbocycles. The fourth-order valence-corrected chi connectivity index (χ4v) is 1.96. The van der Waals surface area contributed by atoms with Crippen molar-refractivity contribution < 1.29 is 14.7 Å². The summed E-state index contributed by atoms with van der Waals surface area (Å²) in [5.41, 5.74) is 4.56. The van der Waals surface area contributed by atoms with Crippen molar-refractivity contribution >= 4 is 11.9 Å². The Morgan fingerprint density at radius 1 is 1.12 bits per heavy atom. The van der Waals surface area contributed by atoms with Crippen LogP contribution in [0.1, 0.15) is 58.8 Å². The molecule has 0 saturated heterocycles. The smallest absolute Gasteiger partial charge is 0.304 e. The van der Waals surface area contributed by atoms with Gasteiger partial charge >= 0.3 is 5.97 Å². The van der Waals surface area contributed by atoms with Crippen molar-refractivity contribution in [2.75, 3.05) is 0 Å². The monoisotopic (exact) mass is 229 g/mol. The average molecular weight is 229 g/mol. The lowest BCUT2D eigenvalue weighted by Gasteiger charge is -2.29. The maximum atomic E-state index is 11.5. The van der Waals surface area contributed by atoms with Crippen molar-refractivity contribution in [2.45, 2.75) is 58.8 Å². The standard InChI is InChI=1S/C12H23NO3/c1-3-5-7-12(11(13)16,8-6-4-2)9-10(14)15/h3-9H2,1-2H3,(H2,13,16)(H,14,15). The second-order valence-corrected chi connectivity index (χ2v) is 4.42. The fraction of sp³-hybridized carbons (Fsp3) is 0.833. The van der Waals surface area contributed by atoms with Gasteiger partial charge in [-0.05, 0) is 12.8 Å². The molecule has 0 aromatic heterocycles. The predicted molar refractivity (Wildman–Crippen MR) is 62.9 cm³/mol. The minimum absolute atomic E-state index is 0.137. The van der Waals surface area contributed by atoms with Gasteiger partial charge in [-0.25, -0.2) is 0 Å². The number of carboxylic acids is 1. The lowest BCUT2D eigenvalue weighted by molar-refractivity contribution is -0.145. The summed E-state index contributed by atoms with van der Waals surface area (Å²) in [6.45, 7) is 4.04. The van der Waals surface area contributed by atoms with Crippen LogP contribution in [0.3, 0.4) is 0 Å². The molecule has 0 heterocycles. The van der Waals surface area contributed by atoms with Gasteiger partial charge in [0.15, 0.2) is 0 Å². The number of carboxylic acid groups (broad SMARTS) is 1. The number of nitrogens with two attached hydrogens (primary N) is 1. The van der Waals surface area contributed by atoms with Gasteiger partial charge in [-0.15, -0.1) is 0 Å². The van der Waals surface area contributed by atoms with Gasteiger partial charge in [-0.3, -0.25) is 9.59 Å². The molecule has 4 nitrogen and oxygen atoms in total. The normalized spacial score (nSPS) is 11.4.